The van der Waals surface area contributed by atoms with E-state index in [-0.39, 0.29) is 16.4 Å². The Balaban J connectivity index is 3.26. The highest BCUT2D eigenvalue weighted by Crippen LogP contribution is 2.29. The summed E-state index contributed by atoms with van der Waals surface area (Å²) < 4.78 is 14.2. The molecule has 5 heteroatoms. The maximum atomic E-state index is 13.8. The lowest BCUT2D eigenvalue weighted by atomic mass is 9.93. The van der Waals surface area contributed by atoms with Crippen LogP contribution in [0.1, 0.15) is 24.2 Å². The van der Waals surface area contributed by atoms with Gasteiger partial charge in [0.1, 0.15) is 0 Å². The van der Waals surface area contributed by atoms with E-state index in [1.807, 2.05) is 0 Å². The molecular formula is C11H12BrClFNO. The molecule has 16 heavy (non-hydrogen) atoms. The van der Waals surface area contributed by atoms with Gasteiger partial charge >= 0.3 is 0 Å². The molecule has 0 aromatic heterocycles. The molecule has 0 aliphatic heterocycles. The van der Waals surface area contributed by atoms with Gasteiger partial charge in [-0.25, -0.2) is 4.39 Å². The second-order valence-electron chi connectivity index (χ2n) is 3.93. The normalized spacial score (nSPS) is 11.6. The van der Waals surface area contributed by atoms with E-state index in [0.29, 0.717) is 4.47 Å². The van der Waals surface area contributed by atoms with Crippen molar-refractivity contribution >= 4 is 33.3 Å². The van der Waals surface area contributed by atoms with Gasteiger partial charge in [0.2, 0.25) is 0 Å². The van der Waals surface area contributed by atoms with Crippen LogP contribution in [-0.4, -0.2) is 18.4 Å². The van der Waals surface area contributed by atoms with Gasteiger partial charge < -0.3 is 5.32 Å². The van der Waals surface area contributed by atoms with E-state index in [1.54, 1.807) is 27.0 Å². The molecule has 0 amide bonds. The first-order valence-electron chi connectivity index (χ1n) is 4.68. The molecule has 0 heterocycles. The van der Waals surface area contributed by atoms with Crippen molar-refractivity contribution in [2.45, 2.75) is 19.4 Å². The van der Waals surface area contributed by atoms with Gasteiger partial charge in [-0.05, 0) is 49.0 Å². The van der Waals surface area contributed by atoms with Gasteiger partial charge in [-0.2, -0.15) is 0 Å². The SMILES string of the molecule is CNC(C)(C)C(=O)c1ccc(Br)c(Cl)c1F. The zero-order valence-electron chi connectivity index (χ0n) is 9.20. The predicted octanol–water partition coefficient (Wildman–Crippen LogP) is 3.42. The van der Waals surface area contributed by atoms with Crippen LogP contribution in [0.4, 0.5) is 4.39 Å². The number of carbonyl (C=O) groups excluding carboxylic acids is 1. The van der Waals surface area contributed by atoms with Gasteiger partial charge in [0.15, 0.2) is 11.6 Å². The summed E-state index contributed by atoms with van der Waals surface area (Å²) in [5.41, 5.74) is -0.828. The van der Waals surface area contributed by atoms with Crippen LogP contribution in [0.25, 0.3) is 0 Å². The van der Waals surface area contributed by atoms with Gasteiger partial charge in [-0.15, -0.1) is 0 Å². The summed E-state index contributed by atoms with van der Waals surface area (Å²) in [5, 5.41) is 2.76. The standard InChI is InChI=1S/C11H12BrClFNO/c1-11(2,15-3)10(16)6-4-5-7(12)8(13)9(6)14/h4-5,15H,1-3H3. The Kier molecular flexibility index (Phi) is 4.10. The van der Waals surface area contributed by atoms with Crippen molar-refractivity contribution in [1.29, 1.82) is 0 Å². The van der Waals surface area contributed by atoms with E-state index < -0.39 is 11.4 Å². The number of hydrogen-bond acceptors (Lipinski definition) is 2. The quantitative estimate of drug-likeness (QED) is 0.685. The maximum Gasteiger partial charge on any atom is 0.185 e. The molecule has 0 aliphatic rings. The second kappa shape index (κ2) is 4.82. The van der Waals surface area contributed by atoms with E-state index in [1.165, 1.54) is 6.07 Å². The Morgan fingerprint density at radius 1 is 1.50 bits per heavy atom. The van der Waals surface area contributed by atoms with Crippen molar-refractivity contribution in [1.82, 2.24) is 5.32 Å². The third kappa shape index (κ3) is 2.44. The molecule has 2 nitrogen and oxygen atoms in total. The Labute approximate surface area is 107 Å². The Morgan fingerprint density at radius 3 is 2.56 bits per heavy atom. The van der Waals surface area contributed by atoms with Crippen LogP contribution in [0.3, 0.4) is 0 Å². The van der Waals surface area contributed by atoms with E-state index in [2.05, 4.69) is 21.2 Å². The number of likely N-dealkylation sites (N-methyl/N-ethyl adjacent to an activating group) is 1. The summed E-state index contributed by atoms with van der Waals surface area (Å²) >= 11 is 8.82. The fraction of sp³-hybridized carbons (Fsp3) is 0.364. The number of ketones is 1. The van der Waals surface area contributed by atoms with Gasteiger partial charge in [0.25, 0.3) is 0 Å². The van der Waals surface area contributed by atoms with Crippen LogP contribution >= 0.6 is 27.5 Å². The van der Waals surface area contributed by atoms with Crippen molar-refractivity contribution in [3.8, 4) is 0 Å². The molecular weight excluding hydrogens is 296 g/mol. The highest BCUT2D eigenvalue weighted by atomic mass is 79.9. The summed E-state index contributed by atoms with van der Waals surface area (Å²) in [5.74, 6) is -1.02. The molecule has 0 radical (unpaired) electrons. The van der Waals surface area contributed by atoms with Crippen LogP contribution in [0.15, 0.2) is 16.6 Å². The lowest BCUT2D eigenvalue weighted by Gasteiger charge is -2.22. The van der Waals surface area contributed by atoms with E-state index in [9.17, 15) is 9.18 Å². The molecule has 88 valence electrons. The fourth-order valence-corrected chi connectivity index (χ4v) is 1.62. The highest BCUT2D eigenvalue weighted by molar-refractivity contribution is 9.10. The van der Waals surface area contributed by atoms with E-state index in [0.717, 1.165) is 0 Å². The Morgan fingerprint density at radius 2 is 2.06 bits per heavy atom. The van der Waals surface area contributed by atoms with Crippen molar-refractivity contribution in [3.05, 3.63) is 33.0 Å². The van der Waals surface area contributed by atoms with Crippen LogP contribution in [0, 0.1) is 5.82 Å². The largest absolute Gasteiger partial charge is 0.308 e. The third-order valence-electron chi connectivity index (χ3n) is 2.47. The number of halogens is 3. The van der Waals surface area contributed by atoms with Gasteiger partial charge in [-0.1, -0.05) is 11.6 Å². The topological polar surface area (TPSA) is 29.1 Å². The zero-order valence-corrected chi connectivity index (χ0v) is 11.5. The minimum atomic E-state index is -0.821. The number of hydrogen-bond donors (Lipinski definition) is 1. The first-order valence-corrected chi connectivity index (χ1v) is 5.85. The first kappa shape index (κ1) is 13.6. The number of nitrogens with one attached hydrogen (secondary N) is 1. The molecule has 0 unspecified atom stereocenters. The van der Waals surface area contributed by atoms with E-state index in [4.69, 9.17) is 11.6 Å². The lowest BCUT2D eigenvalue weighted by molar-refractivity contribution is 0.0885. The minimum Gasteiger partial charge on any atom is -0.308 e. The summed E-state index contributed by atoms with van der Waals surface area (Å²) in [6.07, 6.45) is 0. The van der Waals surface area contributed by atoms with Crippen molar-refractivity contribution in [2.75, 3.05) is 7.05 Å². The number of benzene rings is 1. The molecule has 0 fully saturated rings. The summed E-state index contributed by atoms with van der Waals surface area (Å²) in [6.45, 7) is 3.37. The average molecular weight is 309 g/mol. The molecule has 1 aromatic rings. The van der Waals surface area contributed by atoms with Crippen molar-refractivity contribution in [2.24, 2.45) is 0 Å². The Hall–Kier alpha value is -0.450. The average Bonchev–Trinajstić information content (AvgIpc) is 2.25. The van der Waals surface area contributed by atoms with Crippen LogP contribution in [0.2, 0.25) is 5.02 Å². The maximum absolute atomic E-state index is 13.8. The molecule has 1 N–H and O–H groups in total. The minimum absolute atomic E-state index is 0.00690. The summed E-state index contributed by atoms with van der Waals surface area (Å²) in [4.78, 5) is 12.0. The van der Waals surface area contributed by atoms with Crippen LogP contribution in [-0.2, 0) is 0 Å². The molecule has 0 aliphatic carbocycles. The highest BCUT2D eigenvalue weighted by Gasteiger charge is 2.29. The van der Waals surface area contributed by atoms with Gasteiger partial charge in [-0.3, -0.25) is 4.79 Å². The van der Waals surface area contributed by atoms with Crippen molar-refractivity contribution in [3.63, 3.8) is 0 Å². The third-order valence-corrected chi connectivity index (χ3v) is 3.73. The summed E-state index contributed by atoms with van der Waals surface area (Å²) in [6, 6.07) is 2.98. The molecule has 0 bridgehead atoms. The molecule has 0 spiro atoms. The number of rotatable bonds is 3. The van der Waals surface area contributed by atoms with Crippen LogP contribution in [0.5, 0.6) is 0 Å². The molecule has 0 saturated heterocycles. The molecule has 1 aromatic carbocycles. The van der Waals surface area contributed by atoms with Crippen LogP contribution < -0.4 is 5.32 Å². The second-order valence-corrected chi connectivity index (χ2v) is 5.16. The summed E-state index contributed by atoms with van der Waals surface area (Å²) in [7, 11) is 1.65. The van der Waals surface area contributed by atoms with Gasteiger partial charge in [0, 0.05) is 4.47 Å². The van der Waals surface area contributed by atoms with Crippen molar-refractivity contribution < 1.29 is 9.18 Å². The van der Waals surface area contributed by atoms with Gasteiger partial charge in [0.05, 0.1) is 16.1 Å². The predicted molar refractivity (Wildman–Crippen MR) is 66.6 cm³/mol. The smallest absolute Gasteiger partial charge is 0.185 e. The molecule has 0 saturated carbocycles. The first-order chi connectivity index (χ1) is 7.31. The molecule has 1 rings (SSSR count). The fourth-order valence-electron chi connectivity index (χ4n) is 1.15. The zero-order chi connectivity index (χ0) is 12.5. The monoisotopic (exact) mass is 307 g/mol. The van der Waals surface area contributed by atoms with E-state index >= 15 is 0 Å². The molecule has 0 atom stereocenters. The number of Topliss-reactive ketones (excluding diaryl/α,β-unsaturated/α-hetero) is 1. The number of carbonyl (C=O) groups is 1. The Bertz CT molecular complexity index is 434. The lowest BCUT2D eigenvalue weighted by Crippen LogP contribution is -2.44.